The molecule has 1 aliphatic heterocycles. The number of halogens is 2. The lowest BCUT2D eigenvalue weighted by atomic mass is 9.99. The number of hydrogen-bond acceptors (Lipinski definition) is 2. The Labute approximate surface area is 121 Å². The van der Waals surface area contributed by atoms with E-state index < -0.39 is 17.9 Å². The molecule has 108 valence electrons. The molecule has 3 amide bonds. The predicted molar refractivity (Wildman–Crippen MR) is 75.3 cm³/mol. The van der Waals surface area contributed by atoms with Crippen LogP contribution in [0.25, 0.3) is 0 Å². The van der Waals surface area contributed by atoms with Crippen LogP contribution in [0.3, 0.4) is 0 Å². The second-order valence-corrected chi connectivity index (χ2v) is 5.49. The third-order valence-electron chi connectivity index (χ3n) is 3.46. The summed E-state index contributed by atoms with van der Waals surface area (Å²) >= 11 is 5.76. The molecular weight excluding hydrogens is 283 g/mol. The van der Waals surface area contributed by atoms with Crippen LogP contribution in [0.1, 0.15) is 26.7 Å². The highest BCUT2D eigenvalue weighted by Gasteiger charge is 2.39. The molecular formula is C14H16ClFN2O2. The second kappa shape index (κ2) is 5.79. The van der Waals surface area contributed by atoms with E-state index in [-0.39, 0.29) is 16.6 Å². The number of benzene rings is 1. The van der Waals surface area contributed by atoms with E-state index in [0.29, 0.717) is 12.3 Å². The minimum Gasteiger partial charge on any atom is -0.325 e. The number of imide groups is 1. The summed E-state index contributed by atoms with van der Waals surface area (Å²) in [6.07, 6.45) is 1.49. The highest BCUT2D eigenvalue weighted by atomic mass is 35.5. The van der Waals surface area contributed by atoms with E-state index in [0.717, 1.165) is 23.5 Å². The number of rotatable bonds is 4. The van der Waals surface area contributed by atoms with Crippen LogP contribution >= 0.6 is 11.6 Å². The van der Waals surface area contributed by atoms with Gasteiger partial charge in [0.2, 0.25) is 0 Å². The van der Waals surface area contributed by atoms with Gasteiger partial charge in [0, 0.05) is 5.02 Å². The van der Waals surface area contributed by atoms with E-state index in [1.165, 1.54) is 6.07 Å². The van der Waals surface area contributed by atoms with E-state index >= 15 is 0 Å². The lowest BCUT2D eigenvalue weighted by molar-refractivity contribution is -0.118. The maximum Gasteiger partial charge on any atom is 0.329 e. The minimum absolute atomic E-state index is 0.144. The van der Waals surface area contributed by atoms with Crippen LogP contribution in [-0.2, 0) is 4.79 Å². The van der Waals surface area contributed by atoms with Crippen LogP contribution in [0.15, 0.2) is 18.2 Å². The Kier molecular flexibility index (Phi) is 4.28. The summed E-state index contributed by atoms with van der Waals surface area (Å²) in [5.74, 6) is -0.629. The van der Waals surface area contributed by atoms with Crippen LogP contribution in [0, 0.1) is 11.7 Å². The number of carbonyl (C=O) groups is 2. The van der Waals surface area contributed by atoms with Gasteiger partial charge in [-0.3, -0.25) is 4.79 Å². The molecule has 0 saturated carbocycles. The van der Waals surface area contributed by atoms with Crippen molar-refractivity contribution in [2.75, 3.05) is 4.90 Å². The van der Waals surface area contributed by atoms with Crippen LogP contribution in [0.2, 0.25) is 5.02 Å². The largest absolute Gasteiger partial charge is 0.329 e. The van der Waals surface area contributed by atoms with Crippen LogP contribution < -0.4 is 10.2 Å². The van der Waals surface area contributed by atoms with E-state index in [1.807, 2.05) is 13.8 Å². The molecule has 2 unspecified atom stereocenters. The lowest BCUT2D eigenvalue weighted by Gasteiger charge is -2.15. The van der Waals surface area contributed by atoms with Crippen molar-refractivity contribution in [1.29, 1.82) is 0 Å². The van der Waals surface area contributed by atoms with Gasteiger partial charge in [-0.15, -0.1) is 0 Å². The van der Waals surface area contributed by atoms with E-state index in [1.54, 1.807) is 0 Å². The van der Waals surface area contributed by atoms with Crippen molar-refractivity contribution in [3.63, 3.8) is 0 Å². The van der Waals surface area contributed by atoms with Crippen molar-refractivity contribution in [2.24, 2.45) is 5.92 Å². The van der Waals surface area contributed by atoms with Crippen molar-refractivity contribution < 1.29 is 14.0 Å². The quantitative estimate of drug-likeness (QED) is 0.867. The number of amides is 3. The van der Waals surface area contributed by atoms with Crippen molar-refractivity contribution in [2.45, 2.75) is 32.7 Å². The lowest BCUT2D eigenvalue weighted by Crippen LogP contribution is -2.32. The number of anilines is 1. The maximum atomic E-state index is 13.3. The molecule has 6 heteroatoms. The summed E-state index contributed by atoms with van der Waals surface area (Å²) in [6, 6.07) is 2.55. The molecule has 2 rings (SSSR count). The van der Waals surface area contributed by atoms with E-state index in [9.17, 15) is 14.0 Å². The van der Waals surface area contributed by atoms with Gasteiger partial charge in [0.05, 0.1) is 5.69 Å². The average molecular weight is 299 g/mol. The number of hydrogen-bond donors (Lipinski definition) is 1. The van der Waals surface area contributed by atoms with Gasteiger partial charge in [0.1, 0.15) is 11.9 Å². The Balaban J connectivity index is 2.24. The normalized spacial score (nSPS) is 20.2. The summed E-state index contributed by atoms with van der Waals surface area (Å²) < 4.78 is 13.3. The number of carbonyl (C=O) groups excluding carboxylic acids is 2. The van der Waals surface area contributed by atoms with Gasteiger partial charge in [-0.1, -0.05) is 31.9 Å². The molecule has 0 radical (unpaired) electrons. The summed E-state index contributed by atoms with van der Waals surface area (Å²) in [5.41, 5.74) is 0.157. The van der Waals surface area contributed by atoms with Gasteiger partial charge in [-0.25, -0.2) is 14.1 Å². The van der Waals surface area contributed by atoms with Crippen molar-refractivity contribution in [3.05, 3.63) is 29.0 Å². The summed E-state index contributed by atoms with van der Waals surface area (Å²) in [4.78, 5) is 25.1. The predicted octanol–water partition coefficient (Wildman–Crippen LogP) is 3.34. The van der Waals surface area contributed by atoms with Crippen LogP contribution in [-0.4, -0.2) is 18.0 Å². The molecule has 1 heterocycles. The smallest absolute Gasteiger partial charge is 0.325 e. The van der Waals surface area contributed by atoms with Gasteiger partial charge in [0.25, 0.3) is 5.91 Å². The van der Waals surface area contributed by atoms with Gasteiger partial charge in [-0.05, 0) is 30.5 Å². The minimum atomic E-state index is -0.585. The number of nitrogens with zero attached hydrogens (tertiary/aromatic N) is 1. The van der Waals surface area contributed by atoms with Crippen LogP contribution in [0.5, 0.6) is 0 Å². The number of nitrogens with one attached hydrogen (secondary N) is 1. The zero-order valence-corrected chi connectivity index (χ0v) is 12.1. The number of urea groups is 1. The highest BCUT2D eigenvalue weighted by molar-refractivity contribution is 6.31. The summed E-state index contributed by atoms with van der Waals surface area (Å²) in [7, 11) is 0. The van der Waals surface area contributed by atoms with Crippen molar-refractivity contribution in [1.82, 2.24) is 5.32 Å². The molecule has 1 fully saturated rings. The molecule has 1 N–H and O–H groups in total. The Morgan fingerprint density at radius 2 is 2.10 bits per heavy atom. The Bertz CT molecular complexity index is 530. The third-order valence-corrected chi connectivity index (χ3v) is 3.68. The SMILES string of the molecule is CCC(C)CC1NC(=O)N(c2cc(F)cc(Cl)c2)C1=O. The molecule has 0 spiro atoms. The molecule has 2 atom stereocenters. The molecule has 1 saturated heterocycles. The fourth-order valence-corrected chi connectivity index (χ4v) is 2.39. The fraction of sp³-hybridized carbons (Fsp3) is 0.429. The van der Waals surface area contributed by atoms with Crippen molar-refractivity contribution in [3.8, 4) is 0 Å². The highest BCUT2D eigenvalue weighted by Crippen LogP contribution is 2.26. The molecule has 4 nitrogen and oxygen atoms in total. The Hall–Kier alpha value is -1.62. The van der Waals surface area contributed by atoms with Crippen LogP contribution in [0.4, 0.5) is 14.9 Å². The average Bonchev–Trinajstić information content (AvgIpc) is 2.63. The topological polar surface area (TPSA) is 49.4 Å². The zero-order chi connectivity index (χ0) is 14.9. The van der Waals surface area contributed by atoms with Gasteiger partial charge in [-0.2, -0.15) is 0 Å². The maximum absolute atomic E-state index is 13.3. The first kappa shape index (κ1) is 14.8. The first-order chi connectivity index (χ1) is 9.42. The zero-order valence-electron chi connectivity index (χ0n) is 11.3. The molecule has 1 aliphatic rings. The Morgan fingerprint density at radius 1 is 1.40 bits per heavy atom. The first-order valence-corrected chi connectivity index (χ1v) is 6.90. The van der Waals surface area contributed by atoms with Gasteiger partial charge < -0.3 is 5.32 Å². The molecule has 0 aromatic heterocycles. The molecule has 0 bridgehead atoms. The molecule has 0 aliphatic carbocycles. The first-order valence-electron chi connectivity index (χ1n) is 6.53. The van der Waals surface area contributed by atoms with E-state index in [2.05, 4.69) is 5.32 Å². The fourth-order valence-electron chi connectivity index (χ4n) is 2.17. The Morgan fingerprint density at radius 3 is 2.70 bits per heavy atom. The monoisotopic (exact) mass is 298 g/mol. The standard InChI is InChI=1S/C14H16ClFN2O2/c1-3-8(2)4-12-13(19)18(14(20)17-12)11-6-9(15)5-10(16)7-11/h5-8,12H,3-4H2,1-2H3,(H,17,20). The van der Waals surface area contributed by atoms with E-state index in [4.69, 9.17) is 11.6 Å². The van der Waals surface area contributed by atoms with Crippen molar-refractivity contribution >= 4 is 29.2 Å². The summed E-state index contributed by atoms with van der Waals surface area (Å²) in [6.45, 7) is 4.04. The molecule has 1 aromatic carbocycles. The molecule has 1 aromatic rings. The van der Waals surface area contributed by atoms with Gasteiger partial charge in [0.15, 0.2) is 0 Å². The molecule has 20 heavy (non-hydrogen) atoms. The van der Waals surface area contributed by atoms with Gasteiger partial charge >= 0.3 is 6.03 Å². The third kappa shape index (κ3) is 2.93. The summed E-state index contributed by atoms with van der Waals surface area (Å²) in [5, 5.41) is 2.77. The second-order valence-electron chi connectivity index (χ2n) is 5.05.